The number of thioether (sulfide) groups is 1. The molecule has 0 radical (unpaired) electrons. The molecule has 1 aliphatic heterocycles. The third kappa shape index (κ3) is 4.02. The van der Waals surface area contributed by atoms with Crippen LogP contribution in [0, 0.1) is 6.92 Å². The summed E-state index contributed by atoms with van der Waals surface area (Å²) in [7, 11) is 1.51. The zero-order valence-electron chi connectivity index (χ0n) is 13.4. The van der Waals surface area contributed by atoms with Gasteiger partial charge >= 0.3 is 0 Å². The summed E-state index contributed by atoms with van der Waals surface area (Å²) in [5.74, 6) is 0.0580. The molecule has 8 heteroatoms. The number of hydrogen-bond donors (Lipinski definition) is 2. The summed E-state index contributed by atoms with van der Waals surface area (Å²) in [6.07, 6.45) is 2.21. The highest BCUT2D eigenvalue weighted by atomic mass is 35.5. The van der Waals surface area contributed by atoms with Gasteiger partial charge in [-0.15, -0.1) is 0 Å². The van der Waals surface area contributed by atoms with Gasteiger partial charge in [-0.05, 0) is 31.4 Å². The first-order valence-corrected chi connectivity index (χ1v) is 8.91. The smallest absolute Gasteiger partial charge is 0.240 e. The minimum absolute atomic E-state index is 0.0744. The number of hydrogen-bond acceptors (Lipinski definition) is 5. The first kappa shape index (κ1) is 17.1. The normalized spacial score (nSPS) is 21.7. The highest BCUT2D eigenvalue weighted by molar-refractivity contribution is 8.15. The zero-order valence-corrected chi connectivity index (χ0v) is 15.0. The lowest BCUT2D eigenvalue weighted by Gasteiger charge is -2.13. The van der Waals surface area contributed by atoms with E-state index < -0.39 is 5.25 Å². The second-order valence-corrected chi connectivity index (χ2v) is 7.41. The van der Waals surface area contributed by atoms with Gasteiger partial charge in [0.15, 0.2) is 5.17 Å². The SMILES string of the molecule is COc1cc(Cl)c(C)cc1NC(=O)C[C@H]1SC(=NC2CC2)NC1=O. The lowest BCUT2D eigenvalue weighted by atomic mass is 10.2. The number of rotatable bonds is 5. The second kappa shape index (κ2) is 7.03. The van der Waals surface area contributed by atoms with E-state index in [2.05, 4.69) is 15.6 Å². The first-order valence-electron chi connectivity index (χ1n) is 7.65. The van der Waals surface area contributed by atoms with E-state index in [1.54, 1.807) is 12.1 Å². The molecule has 2 fully saturated rings. The number of carbonyl (C=O) groups is 2. The molecular weight excluding hydrogens is 350 g/mol. The molecular formula is C16H18ClN3O3S. The molecule has 2 amide bonds. The van der Waals surface area contributed by atoms with Gasteiger partial charge in [0.1, 0.15) is 11.0 Å². The summed E-state index contributed by atoms with van der Waals surface area (Å²) in [5.41, 5.74) is 1.37. The van der Waals surface area contributed by atoms with Crippen molar-refractivity contribution in [3.05, 3.63) is 22.7 Å². The predicted molar refractivity (Wildman–Crippen MR) is 96.0 cm³/mol. The summed E-state index contributed by atoms with van der Waals surface area (Å²) in [6.45, 7) is 1.85. The quantitative estimate of drug-likeness (QED) is 0.838. The number of nitrogens with one attached hydrogen (secondary N) is 2. The van der Waals surface area contributed by atoms with Crippen LogP contribution in [0.15, 0.2) is 17.1 Å². The predicted octanol–water partition coefficient (Wildman–Crippen LogP) is 2.74. The Bertz CT molecular complexity index is 719. The van der Waals surface area contributed by atoms with Crippen molar-refractivity contribution in [2.45, 2.75) is 37.5 Å². The van der Waals surface area contributed by atoms with Crippen molar-refractivity contribution in [1.29, 1.82) is 0 Å². The molecule has 1 heterocycles. The van der Waals surface area contributed by atoms with E-state index in [0.29, 0.717) is 27.7 Å². The fraction of sp³-hybridized carbons (Fsp3) is 0.438. The number of halogens is 1. The van der Waals surface area contributed by atoms with Crippen LogP contribution in [-0.2, 0) is 9.59 Å². The molecule has 1 saturated heterocycles. The molecule has 24 heavy (non-hydrogen) atoms. The zero-order chi connectivity index (χ0) is 17.3. The third-order valence-corrected chi connectivity index (χ3v) is 5.25. The monoisotopic (exact) mass is 367 g/mol. The van der Waals surface area contributed by atoms with Crippen LogP contribution in [-0.4, -0.2) is 35.4 Å². The number of methoxy groups -OCH3 is 1. The van der Waals surface area contributed by atoms with Crippen LogP contribution >= 0.6 is 23.4 Å². The van der Waals surface area contributed by atoms with Crippen molar-refractivity contribution in [2.75, 3.05) is 12.4 Å². The number of amides is 2. The molecule has 0 spiro atoms. The number of aliphatic imine (C=N–C) groups is 1. The number of aryl methyl sites for hydroxylation is 1. The van der Waals surface area contributed by atoms with Crippen molar-refractivity contribution >= 4 is 46.0 Å². The maximum Gasteiger partial charge on any atom is 0.240 e. The van der Waals surface area contributed by atoms with E-state index in [1.807, 2.05) is 6.92 Å². The summed E-state index contributed by atoms with van der Waals surface area (Å²) < 4.78 is 5.24. The average Bonchev–Trinajstić information content (AvgIpc) is 3.27. The molecule has 128 valence electrons. The lowest BCUT2D eigenvalue weighted by molar-refractivity contribution is -0.122. The van der Waals surface area contributed by atoms with Gasteiger partial charge in [-0.1, -0.05) is 23.4 Å². The second-order valence-electron chi connectivity index (χ2n) is 5.82. The van der Waals surface area contributed by atoms with Gasteiger partial charge in [-0.25, -0.2) is 0 Å². The van der Waals surface area contributed by atoms with Gasteiger partial charge in [0.25, 0.3) is 0 Å². The van der Waals surface area contributed by atoms with E-state index in [-0.39, 0.29) is 18.2 Å². The van der Waals surface area contributed by atoms with Crippen LogP contribution in [0.25, 0.3) is 0 Å². The Morgan fingerprint density at radius 2 is 2.25 bits per heavy atom. The molecule has 2 N–H and O–H groups in total. The molecule has 1 aromatic carbocycles. The van der Waals surface area contributed by atoms with Crippen molar-refractivity contribution < 1.29 is 14.3 Å². The largest absolute Gasteiger partial charge is 0.495 e. The lowest BCUT2D eigenvalue weighted by Crippen LogP contribution is -2.28. The summed E-state index contributed by atoms with van der Waals surface area (Å²) in [5, 5.41) is 6.26. The Balaban J connectivity index is 1.63. The highest BCUT2D eigenvalue weighted by Gasteiger charge is 2.33. The van der Waals surface area contributed by atoms with E-state index in [4.69, 9.17) is 16.3 Å². The van der Waals surface area contributed by atoms with Crippen LogP contribution < -0.4 is 15.4 Å². The van der Waals surface area contributed by atoms with Crippen molar-refractivity contribution in [2.24, 2.45) is 4.99 Å². The third-order valence-electron chi connectivity index (χ3n) is 3.75. The topological polar surface area (TPSA) is 79.8 Å². The van der Waals surface area contributed by atoms with Crippen LogP contribution in [0.5, 0.6) is 5.75 Å². The van der Waals surface area contributed by atoms with Gasteiger partial charge in [-0.3, -0.25) is 14.6 Å². The number of ether oxygens (including phenoxy) is 1. The Morgan fingerprint density at radius 1 is 1.50 bits per heavy atom. The standard InChI is InChI=1S/C16H18ClN3O3S/c1-8-5-11(12(23-2)6-10(8)17)19-14(21)7-13-15(22)20-16(24-13)18-9-3-4-9/h5-6,9,13H,3-4,7H2,1-2H3,(H,19,21)(H,18,20,22)/t13-/m1/s1. The molecule has 1 aromatic rings. The number of amidine groups is 1. The van der Waals surface area contributed by atoms with Crippen LogP contribution in [0.4, 0.5) is 5.69 Å². The molecule has 0 unspecified atom stereocenters. The molecule has 6 nitrogen and oxygen atoms in total. The van der Waals surface area contributed by atoms with Gasteiger partial charge in [0, 0.05) is 17.5 Å². The molecule has 0 bridgehead atoms. The van der Waals surface area contributed by atoms with Crippen LogP contribution in [0.2, 0.25) is 5.02 Å². The number of benzene rings is 1. The van der Waals surface area contributed by atoms with E-state index in [9.17, 15) is 9.59 Å². The van der Waals surface area contributed by atoms with Gasteiger partial charge in [0.2, 0.25) is 11.8 Å². The van der Waals surface area contributed by atoms with Gasteiger partial charge < -0.3 is 15.4 Å². The average molecular weight is 368 g/mol. The van der Waals surface area contributed by atoms with E-state index in [1.165, 1.54) is 18.9 Å². The fourth-order valence-corrected chi connectivity index (χ4v) is 3.46. The Hall–Kier alpha value is -1.73. The van der Waals surface area contributed by atoms with Crippen molar-refractivity contribution in [1.82, 2.24) is 5.32 Å². The van der Waals surface area contributed by atoms with Gasteiger partial charge in [-0.2, -0.15) is 0 Å². The Kier molecular flexibility index (Phi) is 5.01. The minimum atomic E-state index is -0.457. The summed E-state index contributed by atoms with van der Waals surface area (Å²) in [6, 6.07) is 3.74. The van der Waals surface area contributed by atoms with Crippen LogP contribution in [0.1, 0.15) is 24.8 Å². The fourth-order valence-electron chi connectivity index (χ4n) is 2.27. The molecule has 2 aliphatic rings. The van der Waals surface area contributed by atoms with Gasteiger partial charge in [0.05, 0.1) is 18.8 Å². The summed E-state index contributed by atoms with van der Waals surface area (Å²) >= 11 is 7.38. The maximum absolute atomic E-state index is 12.3. The molecule has 1 saturated carbocycles. The number of anilines is 1. The molecule has 1 atom stereocenters. The minimum Gasteiger partial charge on any atom is -0.495 e. The molecule has 1 aliphatic carbocycles. The Labute approximate surface area is 149 Å². The maximum atomic E-state index is 12.3. The highest BCUT2D eigenvalue weighted by Crippen LogP contribution is 2.32. The number of carbonyl (C=O) groups excluding carboxylic acids is 2. The Morgan fingerprint density at radius 3 is 2.92 bits per heavy atom. The first-order chi connectivity index (χ1) is 11.5. The van der Waals surface area contributed by atoms with E-state index >= 15 is 0 Å². The van der Waals surface area contributed by atoms with E-state index in [0.717, 1.165) is 18.4 Å². The molecule has 0 aromatic heterocycles. The molecule has 3 rings (SSSR count). The van der Waals surface area contributed by atoms with Crippen LogP contribution in [0.3, 0.4) is 0 Å². The van der Waals surface area contributed by atoms with Crippen molar-refractivity contribution in [3.8, 4) is 5.75 Å². The van der Waals surface area contributed by atoms with Crippen molar-refractivity contribution in [3.63, 3.8) is 0 Å². The number of nitrogens with zero attached hydrogens (tertiary/aromatic N) is 1. The summed E-state index contributed by atoms with van der Waals surface area (Å²) in [4.78, 5) is 28.7.